The Kier molecular flexibility index (Phi) is 3.85. The van der Waals surface area contributed by atoms with Gasteiger partial charge >= 0.3 is 0 Å². The molecule has 5 nitrogen and oxygen atoms in total. The zero-order chi connectivity index (χ0) is 11.4. The third kappa shape index (κ3) is 2.79. The molecule has 0 aliphatic heterocycles. The van der Waals surface area contributed by atoms with Crippen LogP contribution in [-0.4, -0.2) is 28.3 Å². The molecule has 84 valence electrons. The minimum absolute atomic E-state index is 0.0117. The number of nitrogens with zero attached hydrogens (tertiary/aromatic N) is 2. The summed E-state index contributed by atoms with van der Waals surface area (Å²) in [6.45, 7) is 4.29. The lowest BCUT2D eigenvalue weighted by Gasteiger charge is -2.10. The van der Waals surface area contributed by atoms with Gasteiger partial charge in [0, 0.05) is 25.8 Å². The van der Waals surface area contributed by atoms with Crippen LogP contribution < -0.4 is 11.1 Å². The summed E-state index contributed by atoms with van der Waals surface area (Å²) in [5, 5.41) is 7.02. The summed E-state index contributed by atoms with van der Waals surface area (Å²) in [7, 11) is 1.81. The topological polar surface area (TPSA) is 72.9 Å². The van der Waals surface area contributed by atoms with Gasteiger partial charge in [-0.1, -0.05) is 6.92 Å². The van der Waals surface area contributed by atoms with Gasteiger partial charge < -0.3 is 11.1 Å². The van der Waals surface area contributed by atoms with Crippen molar-refractivity contribution in [3.05, 3.63) is 17.5 Å². The third-order valence-corrected chi connectivity index (χ3v) is 2.22. The van der Waals surface area contributed by atoms with Crippen molar-refractivity contribution in [3.8, 4) is 0 Å². The quantitative estimate of drug-likeness (QED) is 0.738. The summed E-state index contributed by atoms with van der Waals surface area (Å²) >= 11 is 0. The minimum Gasteiger partial charge on any atom is -0.348 e. The number of carbonyl (C=O) groups is 1. The van der Waals surface area contributed by atoms with Crippen molar-refractivity contribution in [1.82, 2.24) is 15.1 Å². The number of amides is 1. The van der Waals surface area contributed by atoms with Gasteiger partial charge in [0.05, 0.1) is 11.3 Å². The van der Waals surface area contributed by atoms with Gasteiger partial charge in [0.15, 0.2) is 0 Å². The van der Waals surface area contributed by atoms with Crippen LogP contribution >= 0.6 is 0 Å². The summed E-state index contributed by atoms with van der Waals surface area (Å²) in [5.41, 5.74) is 6.90. The van der Waals surface area contributed by atoms with E-state index in [1.807, 2.05) is 20.9 Å². The zero-order valence-electron chi connectivity index (χ0n) is 9.45. The molecule has 1 aromatic heterocycles. The predicted molar refractivity (Wildman–Crippen MR) is 58.6 cm³/mol. The van der Waals surface area contributed by atoms with Crippen molar-refractivity contribution in [2.45, 2.75) is 26.3 Å². The molecule has 5 heteroatoms. The summed E-state index contributed by atoms with van der Waals surface area (Å²) in [5.74, 6) is -0.0992. The molecule has 0 fully saturated rings. The predicted octanol–water partition coefficient (Wildman–Crippen LogP) is 0.0595. The highest BCUT2D eigenvalue weighted by molar-refractivity contribution is 5.95. The van der Waals surface area contributed by atoms with E-state index in [-0.39, 0.29) is 11.9 Å². The van der Waals surface area contributed by atoms with Crippen LogP contribution in [0.1, 0.15) is 29.9 Å². The monoisotopic (exact) mass is 210 g/mol. The lowest BCUT2D eigenvalue weighted by atomic mass is 10.2. The molecule has 15 heavy (non-hydrogen) atoms. The molecule has 1 atom stereocenters. The lowest BCUT2D eigenvalue weighted by molar-refractivity contribution is 0.0940. The molecule has 3 N–H and O–H groups in total. The number of rotatable bonds is 4. The molecule has 1 rings (SSSR count). The van der Waals surface area contributed by atoms with Crippen molar-refractivity contribution in [3.63, 3.8) is 0 Å². The first kappa shape index (κ1) is 11.7. The third-order valence-electron chi connectivity index (χ3n) is 2.22. The normalized spacial score (nSPS) is 12.5. The molecule has 0 aliphatic rings. The fourth-order valence-electron chi connectivity index (χ4n) is 1.35. The van der Waals surface area contributed by atoms with E-state index in [1.54, 1.807) is 10.9 Å². The molecule has 0 aliphatic carbocycles. The molecule has 1 unspecified atom stereocenters. The minimum atomic E-state index is -0.0992. The van der Waals surface area contributed by atoms with Gasteiger partial charge in [-0.25, -0.2) is 0 Å². The van der Waals surface area contributed by atoms with Gasteiger partial charge in [-0.3, -0.25) is 9.48 Å². The first-order valence-corrected chi connectivity index (χ1v) is 5.12. The molecule has 1 aromatic rings. The van der Waals surface area contributed by atoms with Crippen LogP contribution in [0.5, 0.6) is 0 Å². The Morgan fingerprint density at radius 1 is 1.73 bits per heavy atom. The molecule has 1 heterocycles. The number of hydrogen-bond donors (Lipinski definition) is 2. The SMILES string of the molecule is CCc1nn(C)cc1C(=O)NC(C)CN. The lowest BCUT2D eigenvalue weighted by Crippen LogP contribution is -2.38. The van der Waals surface area contributed by atoms with E-state index in [0.29, 0.717) is 12.1 Å². The van der Waals surface area contributed by atoms with Gasteiger partial charge in [0.1, 0.15) is 0 Å². The average Bonchev–Trinajstić information content (AvgIpc) is 2.59. The standard InChI is InChI=1S/C10H18N4O/c1-4-9-8(6-14(3)13-9)10(15)12-7(2)5-11/h6-7H,4-5,11H2,1-3H3,(H,12,15). The van der Waals surface area contributed by atoms with E-state index in [1.165, 1.54) is 0 Å². The Labute approximate surface area is 89.6 Å². The van der Waals surface area contributed by atoms with E-state index in [4.69, 9.17) is 5.73 Å². The Morgan fingerprint density at radius 3 is 2.93 bits per heavy atom. The first-order valence-electron chi connectivity index (χ1n) is 5.12. The van der Waals surface area contributed by atoms with E-state index in [2.05, 4.69) is 10.4 Å². The highest BCUT2D eigenvalue weighted by Crippen LogP contribution is 2.06. The molecule has 0 bridgehead atoms. The Bertz CT molecular complexity index is 345. The summed E-state index contributed by atoms with van der Waals surface area (Å²) < 4.78 is 1.65. The van der Waals surface area contributed by atoms with Gasteiger partial charge in [-0.15, -0.1) is 0 Å². The van der Waals surface area contributed by atoms with E-state index in [0.717, 1.165) is 12.1 Å². The summed E-state index contributed by atoms with van der Waals surface area (Å²) in [6, 6.07) is -0.0117. The van der Waals surface area contributed by atoms with Crippen molar-refractivity contribution < 1.29 is 4.79 Å². The number of aryl methyl sites for hydroxylation is 2. The Hall–Kier alpha value is -1.36. The average molecular weight is 210 g/mol. The van der Waals surface area contributed by atoms with Gasteiger partial charge in [-0.05, 0) is 13.3 Å². The smallest absolute Gasteiger partial charge is 0.255 e. The number of aromatic nitrogens is 2. The van der Waals surface area contributed by atoms with Crippen LogP contribution in [0, 0.1) is 0 Å². The molecule has 0 aromatic carbocycles. The molecule has 0 saturated heterocycles. The molecular weight excluding hydrogens is 192 g/mol. The largest absolute Gasteiger partial charge is 0.348 e. The van der Waals surface area contributed by atoms with Crippen molar-refractivity contribution in [1.29, 1.82) is 0 Å². The Morgan fingerprint density at radius 2 is 2.40 bits per heavy atom. The number of carbonyl (C=O) groups excluding carboxylic acids is 1. The van der Waals surface area contributed by atoms with Crippen LogP contribution in [0.2, 0.25) is 0 Å². The van der Waals surface area contributed by atoms with Crippen molar-refractivity contribution in [2.24, 2.45) is 12.8 Å². The van der Waals surface area contributed by atoms with Gasteiger partial charge in [0.25, 0.3) is 5.91 Å². The molecule has 1 amide bonds. The number of nitrogens with one attached hydrogen (secondary N) is 1. The van der Waals surface area contributed by atoms with Crippen LogP contribution in [0.3, 0.4) is 0 Å². The number of nitrogens with two attached hydrogens (primary N) is 1. The van der Waals surface area contributed by atoms with E-state index < -0.39 is 0 Å². The van der Waals surface area contributed by atoms with Gasteiger partial charge in [-0.2, -0.15) is 5.10 Å². The molecule has 0 spiro atoms. The molecular formula is C10H18N4O. The summed E-state index contributed by atoms with van der Waals surface area (Å²) in [6.07, 6.45) is 2.48. The fourth-order valence-corrected chi connectivity index (χ4v) is 1.35. The van der Waals surface area contributed by atoms with Crippen molar-refractivity contribution >= 4 is 5.91 Å². The zero-order valence-corrected chi connectivity index (χ0v) is 9.45. The van der Waals surface area contributed by atoms with Crippen LogP contribution in [0.15, 0.2) is 6.20 Å². The fraction of sp³-hybridized carbons (Fsp3) is 0.600. The van der Waals surface area contributed by atoms with Gasteiger partial charge in [0.2, 0.25) is 0 Å². The maximum Gasteiger partial charge on any atom is 0.255 e. The highest BCUT2D eigenvalue weighted by Gasteiger charge is 2.15. The molecule has 0 radical (unpaired) electrons. The Balaban J connectivity index is 2.81. The highest BCUT2D eigenvalue weighted by atomic mass is 16.1. The van der Waals surface area contributed by atoms with E-state index >= 15 is 0 Å². The second-order valence-electron chi connectivity index (χ2n) is 3.63. The van der Waals surface area contributed by atoms with Crippen LogP contribution in [0.4, 0.5) is 0 Å². The maximum absolute atomic E-state index is 11.8. The second-order valence-corrected chi connectivity index (χ2v) is 3.63. The first-order chi connectivity index (χ1) is 7.08. The maximum atomic E-state index is 11.8. The van der Waals surface area contributed by atoms with E-state index in [9.17, 15) is 4.79 Å². The van der Waals surface area contributed by atoms with Crippen molar-refractivity contribution in [2.75, 3.05) is 6.54 Å². The molecule has 0 saturated carbocycles. The number of hydrogen-bond acceptors (Lipinski definition) is 3. The summed E-state index contributed by atoms with van der Waals surface area (Å²) in [4.78, 5) is 11.8. The second kappa shape index (κ2) is 4.93. The van der Waals surface area contributed by atoms with Crippen LogP contribution in [-0.2, 0) is 13.5 Å². The van der Waals surface area contributed by atoms with Crippen LogP contribution in [0.25, 0.3) is 0 Å².